The second kappa shape index (κ2) is 7.22. The van der Waals surface area contributed by atoms with Gasteiger partial charge in [0.05, 0.1) is 12.5 Å². The summed E-state index contributed by atoms with van der Waals surface area (Å²) in [7, 11) is 1.51. The Labute approximate surface area is 119 Å². The number of methoxy groups -OCH3 is 1. The SMILES string of the molecule is COc1ccc(C(Cl)CCOCC(F)(F)F)c(Cl)c1. The molecule has 0 heterocycles. The smallest absolute Gasteiger partial charge is 0.411 e. The van der Waals surface area contributed by atoms with Crippen LogP contribution in [0.3, 0.4) is 0 Å². The molecular formula is C12H13Cl2F3O2. The minimum atomic E-state index is -4.32. The molecule has 19 heavy (non-hydrogen) atoms. The maximum atomic E-state index is 11.9. The van der Waals surface area contributed by atoms with Crippen LogP contribution in [0.5, 0.6) is 5.75 Å². The summed E-state index contributed by atoms with van der Waals surface area (Å²) < 4.78 is 45.1. The zero-order chi connectivity index (χ0) is 14.5. The maximum absolute atomic E-state index is 11.9. The lowest BCUT2D eigenvalue weighted by molar-refractivity contribution is -0.174. The van der Waals surface area contributed by atoms with Gasteiger partial charge in [0.1, 0.15) is 12.4 Å². The second-order valence-corrected chi connectivity index (χ2v) is 4.75. The molecule has 1 rings (SSSR count). The van der Waals surface area contributed by atoms with Gasteiger partial charge in [0.15, 0.2) is 0 Å². The fourth-order valence-corrected chi connectivity index (χ4v) is 2.06. The van der Waals surface area contributed by atoms with Crippen molar-refractivity contribution in [3.63, 3.8) is 0 Å². The average Bonchev–Trinajstić information content (AvgIpc) is 2.33. The van der Waals surface area contributed by atoms with E-state index in [4.69, 9.17) is 27.9 Å². The van der Waals surface area contributed by atoms with E-state index < -0.39 is 18.2 Å². The first-order valence-corrected chi connectivity index (χ1v) is 6.27. The number of rotatable bonds is 6. The third kappa shape index (κ3) is 5.89. The van der Waals surface area contributed by atoms with Crippen molar-refractivity contribution in [2.24, 2.45) is 0 Å². The zero-order valence-electron chi connectivity index (χ0n) is 10.1. The quantitative estimate of drug-likeness (QED) is 0.564. The summed E-state index contributed by atoms with van der Waals surface area (Å²) in [5.74, 6) is 0.589. The molecule has 0 radical (unpaired) electrons. The highest BCUT2D eigenvalue weighted by atomic mass is 35.5. The van der Waals surface area contributed by atoms with Crippen LogP contribution in [0.2, 0.25) is 5.02 Å². The fourth-order valence-electron chi connectivity index (χ4n) is 1.42. The number of hydrogen-bond donors (Lipinski definition) is 0. The Morgan fingerprint density at radius 1 is 1.32 bits per heavy atom. The number of benzene rings is 1. The molecule has 1 unspecified atom stereocenters. The third-order valence-electron chi connectivity index (χ3n) is 2.33. The van der Waals surface area contributed by atoms with Crippen LogP contribution in [0.1, 0.15) is 17.4 Å². The fraction of sp³-hybridized carbons (Fsp3) is 0.500. The van der Waals surface area contributed by atoms with Gasteiger partial charge in [0, 0.05) is 11.6 Å². The lowest BCUT2D eigenvalue weighted by Gasteiger charge is -2.13. The number of hydrogen-bond acceptors (Lipinski definition) is 2. The molecule has 0 amide bonds. The molecule has 0 saturated carbocycles. The van der Waals surface area contributed by atoms with Crippen LogP contribution >= 0.6 is 23.2 Å². The van der Waals surface area contributed by atoms with E-state index in [1.807, 2.05) is 0 Å². The molecule has 0 bridgehead atoms. The summed E-state index contributed by atoms with van der Waals surface area (Å²) in [5.41, 5.74) is 0.639. The van der Waals surface area contributed by atoms with Crippen molar-refractivity contribution in [3.8, 4) is 5.75 Å². The molecule has 7 heteroatoms. The van der Waals surface area contributed by atoms with E-state index in [-0.39, 0.29) is 13.0 Å². The molecule has 0 fully saturated rings. The molecule has 0 saturated heterocycles. The normalized spacial score (nSPS) is 13.4. The summed E-state index contributed by atoms with van der Waals surface area (Å²) in [5, 5.41) is -0.0955. The van der Waals surface area contributed by atoms with Gasteiger partial charge < -0.3 is 9.47 Å². The van der Waals surface area contributed by atoms with Crippen molar-refractivity contribution in [3.05, 3.63) is 28.8 Å². The molecule has 1 aromatic carbocycles. The lowest BCUT2D eigenvalue weighted by Crippen LogP contribution is -2.17. The zero-order valence-corrected chi connectivity index (χ0v) is 11.6. The minimum Gasteiger partial charge on any atom is -0.497 e. The van der Waals surface area contributed by atoms with Gasteiger partial charge in [-0.2, -0.15) is 13.2 Å². The van der Waals surface area contributed by atoms with E-state index >= 15 is 0 Å². The maximum Gasteiger partial charge on any atom is 0.411 e. The Morgan fingerprint density at radius 3 is 2.53 bits per heavy atom. The number of halogens is 5. The highest BCUT2D eigenvalue weighted by molar-refractivity contribution is 6.32. The van der Waals surface area contributed by atoms with Gasteiger partial charge in [-0.25, -0.2) is 0 Å². The minimum absolute atomic E-state index is 0.0873. The molecule has 0 aromatic heterocycles. The average molecular weight is 317 g/mol. The highest BCUT2D eigenvalue weighted by Gasteiger charge is 2.27. The second-order valence-electron chi connectivity index (χ2n) is 3.81. The van der Waals surface area contributed by atoms with E-state index in [0.29, 0.717) is 16.3 Å². The van der Waals surface area contributed by atoms with Crippen LogP contribution < -0.4 is 4.74 Å². The topological polar surface area (TPSA) is 18.5 Å². The molecule has 1 atom stereocenters. The molecule has 0 aliphatic heterocycles. The number of ether oxygens (including phenoxy) is 2. The summed E-state index contributed by atoms with van der Waals surface area (Å²) in [6, 6.07) is 4.97. The summed E-state index contributed by atoms with van der Waals surface area (Å²) in [6.45, 7) is -1.36. The first-order chi connectivity index (χ1) is 8.83. The van der Waals surface area contributed by atoms with E-state index in [0.717, 1.165) is 0 Å². The van der Waals surface area contributed by atoms with Gasteiger partial charge in [0.2, 0.25) is 0 Å². The van der Waals surface area contributed by atoms with Crippen molar-refractivity contribution in [2.75, 3.05) is 20.3 Å². The molecule has 0 spiro atoms. The van der Waals surface area contributed by atoms with Crippen LogP contribution in [0.4, 0.5) is 13.2 Å². The number of alkyl halides is 4. The van der Waals surface area contributed by atoms with Crippen molar-refractivity contribution < 1.29 is 22.6 Å². The summed E-state index contributed by atoms with van der Waals surface area (Å²) in [4.78, 5) is 0. The van der Waals surface area contributed by atoms with Crippen LogP contribution in [0, 0.1) is 0 Å². The van der Waals surface area contributed by atoms with Crippen molar-refractivity contribution in [2.45, 2.75) is 18.0 Å². The van der Waals surface area contributed by atoms with Crippen LogP contribution in [0.15, 0.2) is 18.2 Å². The summed E-state index contributed by atoms with van der Waals surface area (Å²) in [6.07, 6.45) is -4.08. The van der Waals surface area contributed by atoms with Crippen LogP contribution in [-0.4, -0.2) is 26.5 Å². The van der Waals surface area contributed by atoms with Gasteiger partial charge in [-0.15, -0.1) is 11.6 Å². The van der Waals surface area contributed by atoms with E-state index in [9.17, 15) is 13.2 Å². The van der Waals surface area contributed by atoms with Gasteiger partial charge in [-0.05, 0) is 24.1 Å². The molecule has 0 aliphatic carbocycles. The summed E-state index contributed by atoms with van der Waals surface area (Å²) >= 11 is 12.1. The Bertz CT molecular complexity index is 410. The van der Waals surface area contributed by atoms with Crippen molar-refractivity contribution in [1.82, 2.24) is 0 Å². The van der Waals surface area contributed by atoms with Gasteiger partial charge in [-0.3, -0.25) is 0 Å². The predicted molar refractivity (Wildman–Crippen MR) is 68.1 cm³/mol. The van der Waals surface area contributed by atoms with Crippen LogP contribution in [-0.2, 0) is 4.74 Å². The molecular weight excluding hydrogens is 304 g/mol. The molecule has 108 valence electrons. The van der Waals surface area contributed by atoms with Crippen LogP contribution in [0.25, 0.3) is 0 Å². The van der Waals surface area contributed by atoms with Crippen molar-refractivity contribution >= 4 is 23.2 Å². The Morgan fingerprint density at radius 2 is 2.00 bits per heavy atom. The van der Waals surface area contributed by atoms with Gasteiger partial charge in [0.25, 0.3) is 0 Å². The Kier molecular flexibility index (Phi) is 6.23. The first kappa shape index (κ1) is 16.4. The Balaban J connectivity index is 2.47. The standard InChI is InChI=1S/C12H13Cl2F3O2/c1-18-8-2-3-9(11(14)6-8)10(13)4-5-19-7-12(15,16)17/h2-3,6,10H,4-5,7H2,1H3. The van der Waals surface area contributed by atoms with Gasteiger partial charge >= 0.3 is 6.18 Å². The molecule has 2 nitrogen and oxygen atoms in total. The van der Waals surface area contributed by atoms with Crippen molar-refractivity contribution in [1.29, 1.82) is 0 Å². The lowest BCUT2D eigenvalue weighted by atomic mass is 10.1. The molecule has 0 aliphatic rings. The van der Waals surface area contributed by atoms with E-state index in [2.05, 4.69) is 4.74 Å². The van der Waals surface area contributed by atoms with E-state index in [1.165, 1.54) is 7.11 Å². The molecule has 1 aromatic rings. The van der Waals surface area contributed by atoms with Gasteiger partial charge in [-0.1, -0.05) is 17.7 Å². The first-order valence-electron chi connectivity index (χ1n) is 5.45. The monoisotopic (exact) mass is 316 g/mol. The van der Waals surface area contributed by atoms with E-state index in [1.54, 1.807) is 18.2 Å². The third-order valence-corrected chi connectivity index (χ3v) is 3.11. The predicted octanol–water partition coefficient (Wildman–Crippen LogP) is 4.60. The highest BCUT2D eigenvalue weighted by Crippen LogP contribution is 2.33. The Hall–Kier alpha value is -0.650. The molecule has 0 N–H and O–H groups in total. The largest absolute Gasteiger partial charge is 0.497 e.